The molecule has 3 aromatic rings. The Morgan fingerprint density at radius 3 is 2.52 bits per heavy atom. The molecule has 0 aliphatic heterocycles. The maximum Gasteiger partial charge on any atom is 0.178 e. The maximum absolute atomic E-state index is 4.47. The first-order chi connectivity index (χ1) is 10.3. The van der Waals surface area contributed by atoms with Gasteiger partial charge in [-0.05, 0) is 43.0 Å². The zero-order chi connectivity index (χ0) is 14.7. The van der Waals surface area contributed by atoms with E-state index in [0.29, 0.717) is 0 Å². The molecule has 0 saturated carbocycles. The van der Waals surface area contributed by atoms with Crippen molar-refractivity contribution in [2.24, 2.45) is 0 Å². The lowest BCUT2D eigenvalue weighted by Gasteiger charge is -2.06. The first-order valence-electron chi connectivity index (χ1n) is 7.27. The molecule has 0 aliphatic carbocycles. The number of nitrogens with zero attached hydrogens (tertiary/aromatic N) is 4. The molecule has 0 aliphatic rings. The molecule has 0 amide bonds. The van der Waals surface area contributed by atoms with Gasteiger partial charge in [0.25, 0.3) is 0 Å². The van der Waals surface area contributed by atoms with E-state index in [1.165, 1.54) is 11.1 Å². The lowest BCUT2D eigenvalue weighted by atomic mass is 10.1. The van der Waals surface area contributed by atoms with Crippen molar-refractivity contribution in [1.82, 2.24) is 19.8 Å². The number of rotatable bonds is 5. The molecule has 1 N–H and O–H groups in total. The van der Waals surface area contributed by atoms with E-state index in [4.69, 9.17) is 0 Å². The van der Waals surface area contributed by atoms with Gasteiger partial charge in [0.05, 0.1) is 0 Å². The third-order valence-electron chi connectivity index (χ3n) is 3.57. The molecule has 3 rings (SSSR count). The first-order valence-corrected chi connectivity index (χ1v) is 7.27. The zero-order valence-electron chi connectivity index (χ0n) is 12.4. The topological polar surface area (TPSA) is 55.1 Å². The molecule has 0 radical (unpaired) electrons. The maximum atomic E-state index is 4.47. The Labute approximate surface area is 124 Å². The highest BCUT2D eigenvalue weighted by Crippen LogP contribution is 2.08. The first kappa shape index (κ1) is 13.5. The van der Waals surface area contributed by atoms with Gasteiger partial charge in [0.1, 0.15) is 5.82 Å². The van der Waals surface area contributed by atoms with Crippen molar-refractivity contribution >= 4 is 11.5 Å². The zero-order valence-corrected chi connectivity index (χ0v) is 12.4. The summed E-state index contributed by atoms with van der Waals surface area (Å²) in [7, 11) is 0. The third-order valence-corrected chi connectivity index (χ3v) is 3.57. The Morgan fingerprint density at radius 2 is 1.76 bits per heavy atom. The van der Waals surface area contributed by atoms with Crippen LogP contribution in [0.2, 0.25) is 0 Å². The van der Waals surface area contributed by atoms with Crippen LogP contribution in [-0.2, 0) is 12.8 Å². The number of anilines is 1. The van der Waals surface area contributed by atoms with Crippen molar-refractivity contribution in [2.45, 2.75) is 26.7 Å². The number of nitrogens with one attached hydrogen (secondary N) is 1. The van der Waals surface area contributed by atoms with Crippen LogP contribution in [0.3, 0.4) is 0 Å². The van der Waals surface area contributed by atoms with Gasteiger partial charge in [-0.3, -0.25) is 0 Å². The lowest BCUT2D eigenvalue weighted by Crippen LogP contribution is -2.08. The summed E-state index contributed by atoms with van der Waals surface area (Å²) < 4.78 is 1.75. The van der Waals surface area contributed by atoms with Gasteiger partial charge in [-0.25, -0.2) is 0 Å². The molecular weight excluding hydrogens is 262 g/mol. The summed E-state index contributed by atoms with van der Waals surface area (Å²) >= 11 is 0. The molecule has 0 fully saturated rings. The lowest BCUT2D eigenvalue weighted by molar-refractivity contribution is 0.867. The number of hydrogen-bond acceptors (Lipinski definition) is 4. The van der Waals surface area contributed by atoms with Crippen molar-refractivity contribution in [2.75, 3.05) is 11.9 Å². The van der Waals surface area contributed by atoms with Gasteiger partial charge in [-0.2, -0.15) is 4.52 Å². The van der Waals surface area contributed by atoms with Gasteiger partial charge >= 0.3 is 0 Å². The van der Waals surface area contributed by atoms with Crippen molar-refractivity contribution in [3.63, 3.8) is 0 Å². The van der Waals surface area contributed by atoms with Crippen LogP contribution in [0.4, 0.5) is 5.82 Å². The van der Waals surface area contributed by atoms with E-state index in [-0.39, 0.29) is 0 Å². The van der Waals surface area contributed by atoms with E-state index in [9.17, 15) is 0 Å². The number of fused-ring (bicyclic) bond motifs is 1. The Kier molecular flexibility index (Phi) is 3.81. The van der Waals surface area contributed by atoms with Gasteiger partial charge < -0.3 is 5.32 Å². The minimum absolute atomic E-state index is 0.771. The van der Waals surface area contributed by atoms with Crippen molar-refractivity contribution in [3.05, 3.63) is 53.3 Å². The Bertz CT molecular complexity index is 730. The minimum Gasteiger partial charge on any atom is -0.368 e. The predicted octanol–water partition coefficient (Wildman–Crippen LogP) is 2.65. The molecule has 1 aromatic carbocycles. The molecule has 0 unspecified atom stereocenters. The van der Waals surface area contributed by atoms with Crippen LogP contribution in [-0.4, -0.2) is 26.4 Å². The second-order valence-corrected chi connectivity index (χ2v) is 5.08. The summed E-state index contributed by atoms with van der Waals surface area (Å²) in [6.45, 7) is 4.92. The average Bonchev–Trinajstić information content (AvgIpc) is 2.89. The summed E-state index contributed by atoms with van der Waals surface area (Å²) in [4.78, 5) is 0. The summed E-state index contributed by atoms with van der Waals surface area (Å²) in [5, 5.41) is 15.8. The quantitative estimate of drug-likeness (QED) is 0.781. The highest BCUT2D eigenvalue weighted by Gasteiger charge is 2.03. The highest BCUT2D eigenvalue weighted by atomic mass is 15.4. The fourth-order valence-electron chi connectivity index (χ4n) is 2.27. The molecule has 0 spiro atoms. The number of aryl methyl sites for hydroxylation is 2. The Balaban J connectivity index is 1.61. The van der Waals surface area contributed by atoms with E-state index in [2.05, 4.69) is 51.8 Å². The molecule has 5 heteroatoms. The Morgan fingerprint density at radius 1 is 1.00 bits per heavy atom. The largest absolute Gasteiger partial charge is 0.368 e. The van der Waals surface area contributed by atoms with Gasteiger partial charge in [0, 0.05) is 6.54 Å². The molecular formula is C16H19N5. The molecule has 0 atom stereocenters. The molecule has 2 aromatic heterocycles. The van der Waals surface area contributed by atoms with Crippen LogP contribution >= 0.6 is 0 Å². The normalized spacial score (nSPS) is 11.0. The summed E-state index contributed by atoms with van der Waals surface area (Å²) in [5.41, 5.74) is 3.48. The molecule has 108 valence electrons. The van der Waals surface area contributed by atoms with Gasteiger partial charge in [-0.1, -0.05) is 31.2 Å². The van der Waals surface area contributed by atoms with Crippen molar-refractivity contribution in [1.29, 1.82) is 0 Å². The molecule has 2 heterocycles. The monoisotopic (exact) mass is 281 g/mol. The van der Waals surface area contributed by atoms with Crippen LogP contribution in [0, 0.1) is 6.92 Å². The van der Waals surface area contributed by atoms with Crippen LogP contribution < -0.4 is 5.32 Å². The van der Waals surface area contributed by atoms with Gasteiger partial charge in [0.2, 0.25) is 0 Å². The standard InChI is InChI=1S/C16H19N5/c1-3-13-4-6-14(7-5-13)10-11-17-15-8-9-16-19-18-12(2)21(16)20-15/h4-9H,3,10-11H2,1-2H3,(H,17,20). The second kappa shape index (κ2) is 5.91. The molecule has 0 bridgehead atoms. The van der Waals surface area contributed by atoms with Crippen LogP contribution in [0.5, 0.6) is 0 Å². The molecule has 0 saturated heterocycles. The molecule has 21 heavy (non-hydrogen) atoms. The summed E-state index contributed by atoms with van der Waals surface area (Å²) in [6.07, 6.45) is 2.06. The van der Waals surface area contributed by atoms with Crippen LogP contribution in [0.15, 0.2) is 36.4 Å². The summed E-state index contributed by atoms with van der Waals surface area (Å²) in [5.74, 6) is 1.64. The fraction of sp³-hybridized carbons (Fsp3) is 0.312. The minimum atomic E-state index is 0.771. The smallest absolute Gasteiger partial charge is 0.178 e. The SMILES string of the molecule is CCc1ccc(CCNc2ccc3nnc(C)n3n2)cc1. The van der Waals surface area contributed by atoms with E-state index in [0.717, 1.165) is 36.7 Å². The van der Waals surface area contributed by atoms with Crippen LogP contribution in [0.25, 0.3) is 5.65 Å². The van der Waals surface area contributed by atoms with Gasteiger partial charge in [0.15, 0.2) is 11.5 Å². The van der Waals surface area contributed by atoms with Crippen molar-refractivity contribution in [3.8, 4) is 0 Å². The average molecular weight is 281 g/mol. The van der Waals surface area contributed by atoms with E-state index in [1.54, 1.807) is 4.52 Å². The van der Waals surface area contributed by atoms with E-state index >= 15 is 0 Å². The fourth-order valence-corrected chi connectivity index (χ4v) is 2.27. The van der Waals surface area contributed by atoms with E-state index < -0.39 is 0 Å². The third kappa shape index (κ3) is 3.02. The number of hydrogen-bond donors (Lipinski definition) is 1. The van der Waals surface area contributed by atoms with E-state index in [1.807, 2.05) is 19.1 Å². The Hall–Kier alpha value is -2.43. The van der Waals surface area contributed by atoms with Crippen molar-refractivity contribution < 1.29 is 0 Å². The second-order valence-electron chi connectivity index (χ2n) is 5.08. The predicted molar refractivity (Wildman–Crippen MR) is 83.5 cm³/mol. The molecule has 5 nitrogen and oxygen atoms in total. The number of benzene rings is 1. The number of aromatic nitrogens is 4. The van der Waals surface area contributed by atoms with Gasteiger partial charge in [-0.15, -0.1) is 15.3 Å². The van der Waals surface area contributed by atoms with Crippen LogP contribution in [0.1, 0.15) is 23.9 Å². The highest BCUT2D eigenvalue weighted by molar-refractivity contribution is 5.43. The summed E-state index contributed by atoms with van der Waals surface area (Å²) in [6, 6.07) is 12.6.